The van der Waals surface area contributed by atoms with Gasteiger partial charge in [-0.2, -0.15) is 18.2 Å². The Balaban J connectivity index is 1.32. The maximum atomic E-state index is 15.1. The zero-order valence-electron chi connectivity index (χ0n) is 24.4. The Bertz CT molecular complexity index is 1960. The van der Waals surface area contributed by atoms with E-state index >= 15 is 4.39 Å². The van der Waals surface area contributed by atoms with Gasteiger partial charge in [-0.15, -0.1) is 0 Å². The Labute approximate surface area is 265 Å². The molecule has 1 saturated heterocycles. The van der Waals surface area contributed by atoms with Crippen LogP contribution in [-0.4, -0.2) is 53.4 Å². The number of aryl methyl sites for hydroxylation is 1. The number of rotatable bonds is 7. The molecule has 1 fully saturated rings. The number of nitrogens with zero attached hydrogens (tertiary/aromatic N) is 4. The summed E-state index contributed by atoms with van der Waals surface area (Å²) in [6.45, 7) is 3.70. The lowest BCUT2D eigenvalue weighted by Crippen LogP contribution is -2.31. The van der Waals surface area contributed by atoms with Crippen molar-refractivity contribution in [1.29, 1.82) is 0 Å². The first-order chi connectivity index (χ1) is 21.7. The molecule has 1 aromatic heterocycles. The van der Waals surface area contributed by atoms with E-state index in [0.29, 0.717) is 22.6 Å². The second kappa shape index (κ2) is 12.7. The van der Waals surface area contributed by atoms with Crippen molar-refractivity contribution >= 4 is 50.1 Å². The second-order valence-corrected chi connectivity index (χ2v) is 13.0. The van der Waals surface area contributed by atoms with Gasteiger partial charge in [-0.3, -0.25) is 9.69 Å². The maximum Gasteiger partial charge on any atom is 0.501 e. The van der Waals surface area contributed by atoms with Crippen molar-refractivity contribution in [2.75, 3.05) is 23.1 Å². The molecule has 1 aliphatic heterocycles. The van der Waals surface area contributed by atoms with Crippen LogP contribution in [0.25, 0.3) is 16.9 Å². The van der Waals surface area contributed by atoms with Gasteiger partial charge in [0, 0.05) is 30.1 Å². The van der Waals surface area contributed by atoms with E-state index in [-0.39, 0.29) is 28.6 Å². The Kier molecular flexibility index (Phi) is 9.06. The van der Waals surface area contributed by atoms with Gasteiger partial charge in [0.05, 0.1) is 40.1 Å². The minimum absolute atomic E-state index is 0.0629. The van der Waals surface area contributed by atoms with Gasteiger partial charge in [0.1, 0.15) is 5.82 Å². The van der Waals surface area contributed by atoms with Crippen LogP contribution < -0.4 is 10.2 Å². The fourth-order valence-electron chi connectivity index (χ4n) is 4.55. The highest BCUT2D eigenvalue weighted by molar-refractivity contribution is 8.15. The third-order valence-electron chi connectivity index (χ3n) is 7.02. The largest absolute Gasteiger partial charge is 0.501 e. The number of amides is 3. The van der Waals surface area contributed by atoms with Crippen LogP contribution >= 0.6 is 11.8 Å². The first-order valence-corrected chi connectivity index (χ1v) is 15.9. The molecule has 0 spiro atoms. The lowest BCUT2D eigenvalue weighted by Gasteiger charge is -2.23. The highest BCUT2D eigenvalue weighted by Gasteiger charge is 2.46. The maximum absolute atomic E-state index is 15.1. The zero-order valence-corrected chi connectivity index (χ0v) is 26.0. The quantitative estimate of drug-likeness (QED) is 0.218. The number of urea groups is 1. The fraction of sp³-hybridized carbons (Fsp3) is 0.200. The van der Waals surface area contributed by atoms with Gasteiger partial charge in [-0.25, -0.2) is 22.6 Å². The third-order valence-corrected chi connectivity index (χ3v) is 9.45. The predicted molar refractivity (Wildman–Crippen MR) is 165 cm³/mol. The molecule has 1 aliphatic rings. The number of aliphatic imine (C=N–C) groups is 1. The summed E-state index contributed by atoms with van der Waals surface area (Å²) in [7, 11) is -3.95. The number of sulfone groups is 1. The molecule has 0 aliphatic carbocycles. The molecule has 46 heavy (non-hydrogen) atoms. The molecular weight excluding hydrogens is 650 g/mol. The van der Waals surface area contributed by atoms with Crippen molar-refractivity contribution in [3.63, 3.8) is 0 Å². The zero-order chi connectivity index (χ0) is 33.4. The summed E-state index contributed by atoms with van der Waals surface area (Å²) in [6.07, 6.45) is 2.45. The Hall–Kier alpha value is -4.54. The lowest BCUT2D eigenvalue weighted by molar-refractivity contribution is -0.115. The summed E-state index contributed by atoms with van der Waals surface area (Å²) in [4.78, 5) is 34.3. The van der Waals surface area contributed by atoms with Crippen molar-refractivity contribution in [3.05, 3.63) is 90.1 Å². The number of aromatic nitrogens is 2. The molecule has 4 aromatic rings. The van der Waals surface area contributed by atoms with Crippen LogP contribution in [0.5, 0.6) is 0 Å². The Morgan fingerprint density at radius 1 is 1.11 bits per heavy atom. The second-order valence-electron chi connectivity index (χ2n) is 10.1. The number of hydrogen-bond acceptors (Lipinski definition) is 7. The van der Waals surface area contributed by atoms with Crippen LogP contribution in [0.1, 0.15) is 24.2 Å². The number of anilines is 2. The number of carbonyl (C=O) groups is 2. The van der Waals surface area contributed by atoms with Crippen LogP contribution in [0.4, 0.5) is 33.7 Å². The molecule has 5 rings (SSSR count). The monoisotopic (exact) mass is 675 g/mol. The molecular formula is C30H25F4N5O5S2. The van der Waals surface area contributed by atoms with Gasteiger partial charge in [-0.05, 0) is 61.9 Å². The van der Waals surface area contributed by atoms with Crippen LogP contribution in [-0.2, 0) is 19.4 Å². The van der Waals surface area contributed by atoms with E-state index in [1.807, 2.05) is 26.0 Å². The van der Waals surface area contributed by atoms with E-state index in [2.05, 4.69) is 15.3 Å². The summed E-state index contributed by atoms with van der Waals surface area (Å²) in [5.74, 6) is -1.01. The predicted octanol–water partition coefficient (Wildman–Crippen LogP) is 6.66. The Morgan fingerprint density at radius 3 is 2.48 bits per heavy atom. The van der Waals surface area contributed by atoms with Crippen LogP contribution in [0.15, 0.2) is 83.1 Å². The summed E-state index contributed by atoms with van der Waals surface area (Å²) in [5.41, 5.74) is -2.53. The standard InChI is InChI=1S/C30H25F4N5O5S2/c1-17-4-10-22(18(2)44-3)26(12-17)39-27(40)15-45-29(39)37-28(41)36-24-11-5-19(13-23(24)31)25-14-38(16-35-25)20-6-8-21(9-7-20)46(42,43)30(32,33)34/h4-14,16,18H,15H2,1-3H3,(H,36,41). The average Bonchev–Trinajstić information content (AvgIpc) is 3.64. The number of amidine groups is 1. The first kappa shape index (κ1) is 32.8. The van der Waals surface area contributed by atoms with Crippen molar-refractivity contribution in [1.82, 2.24) is 9.55 Å². The minimum Gasteiger partial charge on any atom is -0.377 e. The number of hydrogen-bond donors (Lipinski definition) is 1. The van der Waals surface area contributed by atoms with Crippen LogP contribution in [0.3, 0.4) is 0 Å². The average molecular weight is 676 g/mol. The molecule has 3 amide bonds. The molecule has 1 unspecified atom stereocenters. The molecule has 240 valence electrons. The summed E-state index contributed by atoms with van der Waals surface area (Å²) in [6, 6.07) is 12.6. The number of imidazole rings is 1. The number of halogens is 4. The summed E-state index contributed by atoms with van der Waals surface area (Å²) in [5, 5.41) is 2.52. The molecule has 10 nitrogen and oxygen atoms in total. The normalized spacial score (nSPS) is 15.4. The van der Waals surface area contributed by atoms with E-state index in [1.165, 1.54) is 46.3 Å². The van der Waals surface area contributed by atoms with Crippen LogP contribution in [0.2, 0.25) is 0 Å². The Morgan fingerprint density at radius 2 is 1.83 bits per heavy atom. The molecule has 0 bridgehead atoms. The lowest BCUT2D eigenvalue weighted by atomic mass is 10.0. The van der Waals surface area contributed by atoms with E-state index in [0.717, 1.165) is 41.1 Å². The molecule has 0 saturated carbocycles. The van der Waals surface area contributed by atoms with Crippen molar-refractivity contribution in [3.8, 4) is 16.9 Å². The number of carbonyl (C=O) groups excluding carboxylic acids is 2. The topological polar surface area (TPSA) is 123 Å². The number of benzene rings is 3. The molecule has 1 atom stereocenters. The van der Waals surface area contributed by atoms with Crippen molar-refractivity contribution < 1.29 is 40.3 Å². The molecule has 1 N–H and O–H groups in total. The van der Waals surface area contributed by atoms with E-state index < -0.39 is 32.1 Å². The van der Waals surface area contributed by atoms with E-state index in [1.54, 1.807) is 13.2 Å². The highest BCUT2D eigenvalue weighted by Crippen LogP contribution is 2.35. The highest BCUT2D eigenvalue weighted by atomic mass is 32.2. The third kappa shape index (κ3) is 6.54. The minimum atomic E-state index is -5.49. The van der Waals surface area contributed by atoms with Gasteiger partial charge in [-0.1, -0.05) is 30.0 Å². The summed E-state index contributed by atoms with van der Waals surface area (Å²) < 4.78 is 83.7. The van der Waals surface area contributed by atoms with Gasteiger partial charge >= 0.3 is 11.5 Å². The van der Waals surface area contributed by atoms with E-state index in [4.69, 9.17) is 4.74 Å². The molecule has 3 aromatic carbocycles. The SMILES string of the molecule is COC(C)c1ccc(C)cc1N1C(=O)CSC1=NC(=O)Nc1ccc(-c2cn(-c3ccc(S(=O)(=O)C(F)(F)F)cc3)cn2)cc1F. The molecule has 16 heteroatoms. The number of ether oxygens (including phenoxy) is 1. The van der Waals surface area contributed by atoms with E-state index in [9.17, 15) is 31.2 Å². The number of nitrogens with one attached hydrogen (secondary N) is 1. The molecule has 0 radical (unpaired) electrons. The number of thioether (sulfide) groups is 1. The number of methoxy groups -OCH3 is 1. The van der Waals surface area contributed by atoms with Crippen molar-refractivity contribution in [2.24, 2.45) is 4.99 Å². The van der Waals surface area contributed by atoms with Gasteiger partial charge < -0.3 is 14.6 Å². The van der Waals surface area contributed by atoms with Gasteiger partial charge in [0.15, 0.2) is 5.17 Å². The van der Waals surface area contributed by atoms with Crippen LogP contribution in [0, 0.1) is 12.7 Å². The first-order valence-electron chi connectivity index (χ1n) is 13.4. The van der Waals surface area contributed by atoms with Gasteiger partial charge in [0.25, 0.3) is 9.84 Å². The summed E-state index contributed by atoms with van der Waals surface area (Å²) >= 11 is 1.07. The van der Waals surface area contributed by atoms with Crippen molar-refractivity contribution in [2.45, 2.75) is 30.4 Å². The van der Waals surface area contributed by atoms with Gasteiger partial charge in [0.2, 0.25) is 5.91 Å². The molecule has 2 heterocycles. The number of alkyl halides is 3. The smallest absolute Gasteiger partial charge is 0.377 e. The fourth-order valence-corrected chi connectivity index (χ4v) is 6.17.